The van der Waals surface area contributed by atoms with Crippen LogP contribution in [0.2, 0.25) is 0 Å². The second-order valence-corrected chi connectivity index (χ2v) is 6.85. The van der Waals surface area contributed by atoms with Crippen molar-refractivity contribution in [1.82, 2.24) is 9.88 Å². The lowest BCUT2D eigenvalue weighted by atomic mass is 9.86. The van der Waals surface area contributed by atoms with Gasteiger partial charge in [0.1, 0.15) is 5.82 Å². The second kappa shape index (κ2) is 7.56. The summed E-state index contributed by atoms with van der Waals surface area (Å²) in [6.07, 6.45) is 3.39. The summed E-state index contributed by atoms with van der Waals surface area (Å²) in [6, 6.07) is 11.5. The summed E-state index contributed by atoms with van der Waals surface area (Å²) in [5.41, 5.74) is 7.98. The van der Waals surface area contributed by atoms with E-state index in [0.717, 1.165) is 24.0 Å². The van der Waals surface area contributed by atoms with E-state index in [4.69, 9.17) is 5.73 Å². The van der Waals surface area contributed by atoms with E-state index in [1.54, 1.807) is 17.9 Å². The topological polar surface area (TPSA) is 88.3 Å². The largest absolute Gasteiger partial charge is 0.383 e. The molecule has 0 radical (unpaired) electrons. The zero-order chi connectivity index (χ0) is 18.7. The molecule has 6 nitrogen and oxygen atoms in total. The summed E-state index contributed by atoms with van der Waals surface area (Å²) in [4.78, 5) is 31.1. The first-order chi connectivity index (χ1) is 12.5. The van der Waals surface area contributed by atoms with E-state index in [1.807, 2.05) is 30.3 Å². The Labute approximate surface area is 153 Å². The van der Waals surface area contributed by atoms with Crippen LogP contribution in [0.1, 0.15) is 36.9 Å². The van der Waals surface area contributed by atoms with Crippen molar-refractivity contribution < 1.29 is 9.59 Å². The van der Waals surface area contributed by atoms with Crippen LogP contribution < -0.4 is 11.1 Å². The molecule has 1 aromatic heterocycles. The second-order valence-electron chi connectivity index (χ2n) is 6.85. The molecule has 2 aromatic rings. The molecule has 136 valence electrons. The van der Waals surface area contributed by atoms with Gasteiger partial charge in [0, 0.05) is 6.54 Å². The Hall–Kier alpha value is -2.89. The molecule has 1 fully saturated rings. The molecule has 2 amide bonds. The van der Waals surface area contributed by atoms with Crippen molar-refractivity contribution in [3.05, 3.63) is 53.7 Å². The number of nitrogens with two attached hydrogens (primary N) is 1. The number of hydrogen-bond donors (Lipinski definition) is 2. The Balaban J connectivity index is 1.79. The lowest BCUT2D eigenvalue weighted by Crippen LogP contribution is -2.46. The number of carbonyl (C=O) groups excluding carboxylic acids is 2. The molecule has 2 atom stereocenters. The van der Waals surface area contributed by atoms with E-state index in [-0.39, 0.29) is 6.04 Å². The number of aryl methyl sites for hydroxylation is 1. The van der Waals surface area contributed by atoms with E-state index >= 15 is 0 Å². The van der Waals surface area contributed by atoms with Crippen LogP contribution in [0.4, 0.5) is 11.5 Å². The number of carbonyl (C=O) groups is 2. The molecule has 0 bridgehead atoms. The van der Waals surface area contributed by atoms with Crippen molar-refractivity contribution in [2.75, 3.05) is 17.6 Å². The summed E-state index contributed by atoms with van der Waals surface area (Å²) < 4.78 is 0. The van der Waals surface area contributed by atoms with Crippen LogP contribution in [0.3, 0.4) is 0 Å². The SMILES string of the molecule is Cc1cc(NC(=O)C(=O)N2CCC[C@H](C)[C@H]2c2ccccc2)cnc1N. The van der Waals surface area contributed by atoms with Crippen LogP contribution in [-0.4, -0.2) is 28.2 Å². The zero-order valence-corrected chi connectivity index (χ0v) is 15.1. The molecule has 0 spiro atoms. The molecule has 26 heavy (non-hydrogen) atoms. The predicted octanol–water partition coefficient (Wildman–Crippen LogP) is 2.91. The van der Waals surface area contributed by atoms with Gasteiger partial charge < -0.3 is 16.0 Å². The number of hydrogen-bond acceptors (Lipinski definition) is 4. The minimum Gasteiger partial charge on any atom is -0.383 e. The highest BCUT2D eigenvalue weighted by Crippen LogP contribution is 2.35. The molecular formula is C20H24N4O2. The highest BCUT2D eigenvalue weighted by atomic mass is 16.2. The maximum Gasteiger partial charge on any atom is 0.313 e. The number of benzene rings is 1. The summed E-state index contributed by atoms with van der Waals surface area (Å²) in [7, 11) is 0. The van der Waals surface area contributed by atoms with Gasteiger partial charge in [0.15, 0.2) is 0 Å². The number of aromatic nitrogens is 1. The van der Waals surface area contributed by atoms with Gasteiger partial charge in [-0.25, -0.2) is 4.98 Å². The molecule has 3 N–H and O–H groups in total. The number of likely N-dealkylation sites (tertiary alicyclic amines) is 1. The average molecular weight is 352 g/mol. The standard InChI is InChI=1S/C20H24N4O2/c1-13-7-6-10-24(17(13)15-8-4-3-5-9-15)20(26)19(25)23-16-11-14(2)18(21)22-12-16/h3-5,8-9,11-13,17H,6-7,10H2,1-2H3,(H2,21,22)(H,23,25)/t13-,17-/m0/s1. The molecule has 1 saturated heterocycles. The molecule has 0 unspecified atom stereocenters. The number of pyridine rings is 1. The van der Waals surface area contributed by atoms with Crippen LogP contribution in [0.15, 0.2) is 42.6 Å². The van der Waals surface area contributed by atoms with E-state index in [1.165, 1.54) is 6.20 Å². The van der Waals surface area contributed by atoms with E-state index in [2.05, 4.69) is 17.2 Å². The Kier molecular flexibility index (Phi) is 5.21. The van der Waals surface area contributed by atoms with Gasteiger partial charge in [-0.2, -0.15) is 0 Å². The normalized spacial score (nSPS) is 19.8. The first kappa shape index (κ1) is 17.9. The number of piperidine rings is 1. The molecule has 1 aromatic carbocycles. The Morgan fingerprint density at radius 2 is 2.00 bits per heavy atom. The predicted molar refractivity (Wildman–Crippen MR) is 101 cm³/mol. The van der Waals surface area contributed by atoms with Gasteiger partial charge in [0.05, 0.1) is 17.9 Å². The van der Waals surface area contributed by atoms with Crippen LogP contribution in [-0.2, 0) is 9.59 Å². The molecule has 1 aliphatic rings. The fraction of sp³-hybridized carbons (Fsp3) is 0.350. The summed E-state index contributed by atoms with van der Waals surface area (Å²) in [5.74, 6) is -0.461. The van der Waals surface area contributed by atoms with Gasteiger partial charge in [-0.05, 0) is 42.9 Å². The van der Waals surface area contributed by atoms with Crippen LogP contribution in [0, 0.1) is 12.8 Å². The summed E-state index contributed by atoms with van der Waals surface area (Å²) >= 11 is 0. The van der Waals surface area contributed by atoms with Crippen molar-refractivity contribution >= 4 is 23.3 Å². The van der Waals surface area contributed by atoms with Gasteiger partial charge in [-0.1, -0.05) is 37.3 Å². The number of anilines is 2. The molecular weight excluding hydrogens is 328 g/mol. The molecule has 2 heterocycles. The minimum absolute atomic E-state index is 0.0884. The minimum atomic E-state index is -0.647. The Morgan fingerprint density at radius 3 is 2.69 bits per heavy atom. The number of nitrogens with zero attached hydrogens (tertiary/aromatic N) is 2. The fourth-order valence-electron chi connectivity index (χ4n) is 3.54. The van der Waals surface area contributed by atoms with Gasteiger partial charge in [0.25, 0.3) is 0 Å². The Morgan fingerprint density at radius 1 is 1.27 bits per heavy atom. The van der Waals surface area contributed by atoms with Gasteiger partial charge in [0.2, 0.25) is 0 Å². The maximum absolute atomic E-state index is 12.9. The van der Waals surface area contributed by atoms with Gasteiger partial charge >= 0.3 is 11.8 Å². The first-order valence-electron chi connectivity index (χ1n) is 8.86. The van der Waals surface area contributed by atoms with Crippen LogP contribution >= 0.6 is 0 Å². The molecule has 3 rings (SSSR count). The van der Waals surface area contributed by atoms with Gasteiger partial charge in [-0.3, -0.25) is 9.59 Å². The van der Waals surface area contributed by atoms with Crippen LogP contribution in [0.5, 0.6) is 0 Å². The van der Waals surface area contributed by atoms with Crippen molar-refractivity contribution in [1.29, 1.82) is 0 Å². The number of rotatable bonds is 2. The van der Waals surface area contributed by atoms with Crippen molar-refractivity contribution in [3.63, 3.8) is 0 Å². The van der Waals surface area contributed by atoms with Crippen molar-refractivity contribution in [3.8, 4) is 0 Å². The quantitative estimate of drug-likeness (QED) is 0.814. The molecule has 1 aliphatic heterocycles. The molecule has 0 saturated carbocycles. The maximum atomic E-state index is 12.9. The number of nitrogens with one attached hydrogen (secondary N) is 1. The van der Waals surface area contributed by atoms with E-state index < -0.39 is 11.8 Å². The summed E-state index contributed by atoms with van der Waals surface area (Å²) in [6.45, 7) is 4.51. The summed E-state index contributed by atoms with van der Waals surface area (Å²) in [5, 5.41) is 2.65. The average Bonchev–Trinajstić information content (AvgIpc) is 2.64. The number of nitrogen functional groups attached to an aromatic ring is 1. The zero-order valence-electron chi connectivity index (χ0n) is 15.1. The Bertz CT molecular complexity index is 807. The van der Waals surface area contributed by atoms with Crippen molar-refractivity contribution in [2.24, 2.45) is 5.92 Å². The lowest BCUT2D eigenvalue weighted by molar-refractivity contribution is -0.146. The monoisotopic (exact) mass is 352 g/mol. The lowest BCUT2D eigenvalue weighted by Gasteiger charge is -2.40. The molecule has 6 heteroatoms. The van der Waals surface area contributed by atoms with E-state index in [9.17, 15) is 9.59 Å². The third-order valence-electron chi connectivity index (χ3n) is 4.91. The third-order valence-corrected chi connectivity index (χ3v) is 4.91. The third kappa shape index (κ3) is 3.69. The highest BCUT2D eigenvalue weighted by Gasteiger charge is 2.35. The first-order valence-corrected chi connectivity index (χ1v) is 8.86. The van der Waals surface area contributed by atoms with Crippen LogP contribution in [0.25, 0.3) is 0 Å². The van der Waals surface area contributed by atoms with E-state index in [0.29, 0.717) is 24.0 Å². The fourth-order valence-corrected chi connectivity index (χ4v) is 3.54. The number of amides is 2. The molecule has 0 aliphatic carbocycles. The highest BCUT2D eigenvalue weighted by molar-refractivity contribution is 6.39. The van der Waals surface area contributed by atoms with Crippen molar-refractivity contribution in [2.45, 2.75) is 32.7 Å². The smallest absolute Gasteiger partial charge is 0.313 e. The van der Waals surface area contributed by atoms with Gasteiger partial charge in [-0.15, -0.1) is 0 Å².